The minimum atomic E-state index is -4.88. The molecule has 0 bridgehead atoms. The maximum absolute atomic E-state index is 12.3. The summed E-state index contributed by atoms with van der Waals surface area (Å²) in [5, 5.41) is 8.97. The summed E-state index contributed by atoms with van der Waals surface area (Å²) >= 11 is 0. The van der Waals surface area contributed by atoms with Crippen molar-refractivity contribution < 1.29 is 32.5 Å². The second-order valence-corrected chi connectivity index (χ2v) is 3.77. The van der Waals surface area contributed by atoms with Gasteiger partial charge in [0, 0.05) is 18.5 Å². The number of hydrogen-bond donors (Lipinski definition) is 1. The van der Waals surface area contributed by atoms with Crippen LogP contribution in [0.5, 0.6) is 17.2 Å². The summed E-state index contributed by atoms with van der Waals surface area (Å²) in [7, 11) is 0. The van der Waals surface area contributed by atoms with Gasteiger partial charge in [-0.3, -0.25) is 4.98 Å². The molecule has 1 heterocycles. The number of carboxylic acid groups (broad SMARTS) is 1. The molecule has 0 radical (unpaired) electrons. The van der Waals surface area contributed by atoms with Gasteiger partial charge in [-0.2, -0.15) is 0 Å². The number of ether oxygens (including phenoxy) is 2. The van der Waals surface area contributed by atoms with Gasteiger partial charge in [0.25, 0.3) is 0 Å². The summed E-state index contributed by atoms with van der Waals surface area (Å²) in [6.07, 6.45) is -2.59. The molecule has 1 aromatic heterocycles. The van der Waals surface area contributed by atoms with Gasteiger partial charge in [0.05, 0.1) is 0 Å². The minimum absolute atomic E-state index is 0.143. The molecule has 0 amide bonds. The summed E-state index contributed by atoms with van der Waals surface area (Å²) in [6, 6.07) is 6.28. The number of aromatic nitrogens is 1. The number of pyridine rings is 1. The molecule has 0 atom stereocenters. The molecule has 2 rings (SSSR count). The van der Waals surface area contributed by atoms with E-state index >= 15 is 0 Å². The Kier molecular flexibility index (Phi) is 3.97. The van der Waals surface area contributed by atoms with Crippen LogP contribution in [-0.2, 0) is 0 Å². The molecule has 0 aliphatic carbocycles. The second-order valence-electron chi connectivity index (χ2n) is 3.77. The van der Waals surface area contributed by atoms with Crippen LogP contribution in [0.3, 0.4) is 0 Å². The van der Waals surface area contributed by atoms with Crippen molar-refractivity contribution in [3.05, 3.63) is 48.3 Å². The largest absolute Gasteiger partial charge is 0.573 e. The summed E-state index contributed by atoms with van der Waals surface area (Å²) < 4.78 is 45.9. The van der Waals surface area contributed by atoms with Gasteiger partial charge >= 0.3 is 12.3 Å². The first-order valence-corrected chi connectivity index (χ1v) is 5.57. The lowest BCUT2D eigenvalue weighted by Gasteiger charge is -2.14. The van der Waals surface area contributed by atoms with E-state index in [0.29, 0.717) is 0 Å². The number of nitrogens with zero attached hydrogens (tertiary/aromatic N) is 1. The van der Waals surface area contributed by atoms with E-state index < -0.39 is 18.1 Å². The molecule has 0 fully saturated rings. The third-order valence-electron chi connectivity index (χ3n) is 2.31. The second kappa shape index (κ2) is 5.70. The monoisotopic (exact) mass is 299 g/mol. The normalized spacial score (nSPS) is 11.0. The number of carbonyl (C=O) groups is 1. The Hall–Kier alpha value is -2.77. The van der Waals surface area contributed by atoms with Crippen molar-refractivity contribution in [2.75, 3.05) is 0 Å². The van der Waals surface area contributed by atoms with Crippen molar-refractivity contribution in [3.8, 4) is 17.2 Å². The van der Waals surface area contributed by atoms with Gasteiger partial charge in [-0.15, -0.1) is 13.2 Å². The highest BCUT2D eigenvalue weighted by molar-refractivity contribution is 5.90. The molecular formula is C13H8F3NO4. The van der Waals surface area contributed by atoms with Crippen LogP contribution in [0.4, 0.5) is 13.2 Å². The smallest absolute Gasteiger partial charge is 0.477 e. The van der Waals surface area contributed by atoms with Crippen molar-refractivity contribution in [3.63, 3.8) is 0 Å². The minimum Gasteiger partial charge on any atom is -0.477 e. The van der Waals surface area contributed by atoms with Crippen LogP contribution in [0.1, 0.15) is 10.4 Å². The van der Waals surface area contributed by atoms with Gasteiger partial charge in [-0.05, 0) is 12.1 Å². The molecule has 1 N–H and O–H groups in total. The zero-order chi connectivity index (χ0) is 15.5. The number of carboxylic acids is 1. The van der Waals surface area contributed by atoms with E-state index in [1.807, 2.05) is 0 Å². The Labute approximate surface area is 116 Å². The lowest BCUT2D eigenvalue weighted by atomic mass is 10.2. The van der Waals surface area contributed by atoms with Crippen LogP contribution in [-0.4, -0.2) is 22.4 Å². The fraction of sp³-hybridized carbons (Fsp3) is 0.0769. The molecule has 0 aliphatic rings. The molecule has 0 spiro atoms. The van der Waals surface area contributed by atoms with Gasteiger partial charge < -0.3 is 14.6 Å². The zero-order valence-corrected chi connectivity index (χ0v) is 10.3. The highest BCUT2D eigenvalue weighted by atomic mass is 19.4. The number of para-hydroxylation sites is 2. The third kappa shape index (κ3) is 3.85. The van der Waals surface area contributed by atoms with Crippen molar-refractivity contribution in [2.24, 2.45) is 0 Å². The lowest BCUT2D eigenvalue weighted by molar-refractivity contribution is -0.275. The van der Waals surface area contributed by atoms with E-state index in [4.69, 9.17) is 9.84 Å². The first kappa shape index (κ1) is 14.6. The lowest BCUT2D eigenvalue weighted by Crippen LogP contribution is -2.17. The van der Waals surface area contributed by atoms with Gasteiger partial charge in [0.1, 0.15) is 11.3 Å². The predicted octanol–water partition coefficient (Wildman–Crippen LogP) is 3.47. The van der Waals surface area contributed by atoms with Gasteiger partial charge in [-0.25, -0.2) is 4.79 Å². The standard InChI is InChI=1S/C13H8F3NO4/c14-13(15,16)21-11-4-2-1-3-10(11)20-9-5-6-17-7-8(9)12(18)19/h1-7H,(H,18,19). The zero-order valence-electron chi connectivity index (χ0n) is 10.3. The SMILES string of the molecule is O=C(O)c1cnccc1Oc1ccccc1OC(F)(F)F. The number of rotatable bonds is 4. The fourth-order valence-corrected chi connectivity index (χ4v) is 1.49. The van der Waals surface area contributed by atoms with E-state index in [2.05, 4.69) is 9.72 Å². The fourth-order valence-electron chi connectivity index (χ4n) is 1.49. The molecule has 0 saturated heterocycles. The highest BCUT2D eigenvalue weighted by Crippen LogP contribution is 2.35. The molecule has 21 heavy (non-hydrogen) atoms. The number of hydrogen-bond acceptors (Lipinski definition) is 4. The van der Waals surface area contributed by atoms with Gasteiger partial charge in [-0.1, -0.05) is 12.1 Å². The Morgan fingerprint density at radius 2 is 1.76 bits per heavy atom. The summed E-state index contributed by atoms with van der Waals surface area (Å²) in [5.41, 5.74) is -0.278. The van der Waals surface area contributed by atoms with Crippen molar-refractivity contribution in [1.82, 2.24) is 4.98 Å². The van der Waals surface area contributed by atoms with Crippen LogP contribution in [0.25, 0.3) is 0 Å². The van der Waals surface area contributed by atoms with Crippen LogP contribution >= 0.6 is 0 Å². The van der Waals surface area contributed by atoms with Gasteiger partial charge in [0.15, 0.2) is 11.5 Å². The van der Waals surface area contributed by atoms with Gasteiger partial charge in [0.2, 0.25) is 0 Å². The average Bonchev–Trinajstić information content (AvgIpc) is 2.40. The Morgan fingerprint density at radius 3 is 2.38 bits per heavy atom. The first-order chi connectivity index (χ1) is 9.87. The average molecular weight is 299 g/mol. The Balaban J connectivity index is 2.35. The molecule has 1 aromatic carbocycles. The topological polar surface area (TPSA) is 68.7 Å². The van der Waals surface area contributed by atoms with E-state index in [0.717, 1.165) is 12.3 Å². The number of benzene rings is 1. The molecular weight excluding hydrogens is 291 g/mol. The molecule has 110 valence electrons. The molecule has 0 unspecified atom stereocenters. The highest BCUT2D eigenvalue weighted by Gasteiger charge is 2.32. The third-order valence-corrected chi connectivity index (χ3v) is 2.31. The van der Waals surface area contributed by atoms with Crippen LogP contribution < -0.4 is 9.47 Å². The van der Waals surface area contributed by atoms with Crippen LogP contribution in [0.15, 0.2) is 42.7 Å². The quantitative estimate of drug-likeness (QED) is 0.936. The summed E-state index contributed by atoms with van der Waals surface area (Å²) in [6.45, 7) is 0. The molecule has 5 nitrogen and oxygen atoms in total. The maximum Gasteiger partial charge on any atom is 0.573 e. The van der Waals surface area contributed by atoms with Crippen LogP contribution in [0, 0.1) is 0 Å². The van der Waals surface area contributed by atoms with Crippen LogP contribution in [0.2, 0.25) is 0 Å². The summed E-state index contributed by atoms with van der Waals surface area (Å²) in [4.78, 5) is 14.6. The van der Waals surface area contributed by atoms with E-state index in [1.165, 1.54) is 30.5 Å². The predicted molar refractivity (Wildman–Crippen MR) is 64.4 cm³/mol. The molecule has 2 aromatic rings. The molecule has 0 saturated carbocycles. The van der Waals surface area contributed by atoms with Crippen molar-refractivity contribution in [2.45, 2.75) is 6.36 Å². The summed E-state index contributed by atoms with van der Waals surface area (Å²) in [5.74, 6) is -2.29. The van der Waals surface area contributed by atoms with E-state index in [-0.39, 0.29) is 17.1 Å². The Morgan fingerprint density at radius 1 is 1.10 bits per heavy atom. The number of alkyl halides is 3. The van der Waals surface area contributed by atoms with E-state index in [9.17, 15) is 18.0 Å². The first-order valence-electron chi connectivity index (χ1n) is 5.57. The van der Waals surface area contributed by atoms with Crippen molar-refractivity contribution >= 4 is 5.97 Å². The number of aromatic carboxylic acids is 1. The maximum atomic E-state index is 12.3. The Bertz CT molecular complexity index is 658. The van der Waals surface area contributed by atoms with Crippen molar-refractivity contribution in [1.29, 1.82) is 0 Å². The molecule has 0 aliphatic heterocycles. The number of halogens is 3. The molecule has 8 heteroatoms. The van der Waals surface area contributed by atoms with E-state index in [1.54, 1.807) is 0 Å².